The molecule has 122 valence electrons. The van der Waals surface area contributed by atoms with Crippen molar-refractivity contribution in [3.8, 4) is 10.6 Å². The quantitative estimate of drug-likeness (QED) is 0.793. The minimum absolute atomic E-state index is 0.00730. The van der Waals surface area contributed by atoms with Gasteiger partial charge in [-0.3, -0.25) is 19.7 Å². The van der Waals surface area contributed by atoms with Crippen LogP contribution in [0.5, 0.6) is 0 Å². The molecule has 3 amide bonds. The molecule has 2 N–H and O–H groups in total. The van der Waals surface area contributed by atoms with Crippen molar-refractivity contribution in [1.29, 1.82) is 0 Å². The molecule has 3 rings (SSSR count). The molecule has 2 aromatic rings. The molecular weight excluding hydrogens is 350 g/mol. The van der Waals surface area contributed by atoms with Gasteiger partial charge < -0.3 is 5.32 Å². The van der Waals surface area contributed by atoms with Crippen LogP contribution in [-0.2, 0) is 14.4 Å². The van der Waals surface area contributed by atoms with Crippen molar-refractivity contribution in [1.82, 2.24) is 15.5 Å². The van der Waals surface area contributed by atoms with Gasteiger partial charge in [-0.05, 0) is 0 Å². The number of aliphatic imine (C=N–C) groups is 1. The lowest BCUT2D eigenvalue weighted by atomic mass is 10.2. The lowest BCUT2D eigenvalue weighted by molar-refractivity contribution is -0.127. The lowest BCUT2D eigenvalue weighted by Gasteiger charge is -2.10. The van der Waals surface area contributed by atoms with E-state index in [0.29, 0.717) is 10.1 Å². The van der Waals surface area contributed by atoms with Gasteiger partial charge in [0.15, 0.2) is 5.17 Å². The van der Waals surface area contributed by atoms with Crippen LogP contribution in [0.3, 0.4) is 0 Å². The third-order valence-electron chi connectivity index (χ3n) is 2.82. The Kier molecular flexibility index (Phi) is 4.96. The summed E-state index contributed by atoms with van der Waals surface area (Å²) in [6.07, 6.45) is -0.261. The van der Waals surface area contributed by atoms with Gasteiger partial charge in [0, 0.05) is 5.56 Å². The number of amidine groups is 1. The van der Waals surface area contributed by atoms with E-state index >= 15 is 0 Å². The SMILES string of the molecule is O=C1CC(=O)NC(SCC(=O)Nc2nnc(-c3ccccc3)s2)=N1. The summed E-state index contributed by atoms with van der Waals surface area (Å²) in [7, 11) is 0. The number of benzene rings is 1. The summed E-state index contributed by atoms with van der Waals surface area (Å²) in [4.78, 5) is 38.0. The molecule has 0 saturated carbocycles. The van der Waals surface area contributed by atoms with Gasteiger partial charge in [-0.2, -0.15) is 4.99 Å². The number of anilines is 1. The van der Waals surface area contributed by atoms with Gasteiger partial charge in [-0.15, -0.1) is 10.2 Å². The summed E-state index contributed by atoms with van der Waals surface area (Å²) in [6.45, 7) is 0. The molecule has 8 nitrogen and oxygen atoms in total. The molecule has 2 heterocycles. The monoisotopic (exact) mass is 361 g/mol. The summed E-state index contributed by atoms with van der Waals surface area (Å²) in [5.41, 5.74) is 0.919. The van der Waals surface area contributed by atoms with E-state index in [1.807, 2.05) is 30.3 Å². The Labute approximate surface area is 144 Å². The number of carbonyl (C=O) groups is 3. The second-order valence-corrected chi connectivity index (χ2v) is 6.59. The summed E-state index contributed by atoms with van der Waals surface area (Å²) in [5, 5.41) is 14.2. The highest BCUT2D eigenvalue weighted by Gasteiger charge is 2.19. The van der Waals surface area contributed by atoms with Crippen LogP contribution in [0.2, 0.25) is 0 Å². The van der Waals surface area contributed by atoms with Crippen LogP contribution in [0.1, 0.15) is 6.42 Å². The standard InChI is InChI=1S/C14H11N5O3S2/c20-9-6-10(21)16-13(15-9)23-7-11(22)17-14-19-18-12(24-14)8-4-2-1-3-5-8/h1-5H,6-7H2,(H,17,19,22)(H,15,16,20,21). The highest BCUT2D eigenvalue weighted by atomic mass is 32.2. The van der Waals surface area contributed by atoms with E-state index in [2.05, 4.69) is 25.8 Å². The van der Waals surface area contributed by atoms with Crippen LogP contribution < -0.4 is 10.6 Å². The topological polar surface area (TPSA) is 113 Å². The van der Waals surface area contributed by atoms with Crippen LogP contribution >= 0.6 is 23.1 Å². The predicted molar refractivity (Wildman–Crippen MR) is 91.6 cm³/mol. The fraction of sp³-hybridized carbons (Fsp3) is 0.143. The molecule has 1 aliphatic rings. The number of nitrogens with one attached hydrogen (secondary N) is 2. The van der Waals surface area contributed by atoms with Gasteiger partial charge in [0.1, 0.15) is 11.4 Å². The first-order valence-corrected chi connectivity index (χ1v) is 8.63. The van der Waals surface area contributed by atoms with Crippen molar-refractivity contribution in [3.05, 3.63) is 30.3 Å². The molecule has 1 aromatic carbocycles. The molecule has 0 spiro atoms. The molecular formula is C14H11N5O3S2. The molecule has 0 unspecified atom stereocenters. The lowest BCUT2D eigenvalue weighted by Crippen LogP contribution is -2.35. The van der Waals surface area contributed by atoms with Crippen molar-refractivity contribution in [2.24, 2.45) is 4.99 Å². The first-order chi connectivity index (χ1) is 11.6. The largest absolute Gasteiger partial charge is 0.305 e. The average Bonchev–Trinajstić information content (AvgIpc) is 3.01. The van der Waals surface area contributed by atoms with Crippen LogP contribution in [0.25, 0.3) is 10.6 Å². The van der Waals surface area contributed by atoms with E-state index in [9.17, 15) is 14.4 Å². The smallest absolute Gasteiger partial charge is 0.257 e. The van der Waals surface area contributed by atoms with Crippen LogP contribution in [0.15, 0.2) is 35.3 Å². The molecule has 1 aromatic heterocycles. The van der Waals surface area contributed by atoms with Gasteiger partial charge in [0.05, 0.1) is 5.75 Å². The minimum atomic E-state index is -0.515. The van der Waals surface area contributed by atoms with Gasteiger partial charge >= 0.3 is 0 Å². The molecule has 0 atom stereocenters. The zero-order valence-electron chi connectivity index (χ0n) is 12.2. The van der Waals surface area contributed by atoms with Crippen molar-refractivity contribution >= 4 is 51.1 Å². The summed E-state index contributed by atoms with van der Waals surface area (Å²) >= 11 is 2.24. The molecule has 1 aliphatic heterocycles. The number of hydrogen-bond acceptors (Lipinski definition) is 7. The summed E-state index contributed by atoms with van der Waals surface area (Å²) < 4.78 is 0. The number of hydrogen-bond donors (Lipinski definition) is 2. The maximum absolute atomic E-state index is 11.9. The van der Waals surface area contributed by atoms with E-state index in [1.165, 1.54) is 11.3 Å². The number of thioether (sulfide) groups is 1. The number of amides is 3. The average molecular weight is 361 g/mol. The second-order valence-electron chi connectivity index (χ2n) is 4.65. The molecule has 10 heteroatoms. The third-order valence-corrected chi connectivity index (χ3v) is 4.58. The zero-order valence-corrected chi connectivity index (χ0v) is 13.8. The fourth-order valence-corrected chi connectivity index (χ4v) is 3.27. The third kappa shape index (κ3) is 4.24. The van der Waals surface area contributed by atoms with E-state index in [-0.39, 0.29) is 23.2 Å². The maximum atomic E-state index is 11.9. The normalized spacial score (nSPS) is 14.1. The Balaban J connectivity index is 1.55. The van der Waals surface area contributed by atoms with Crippen molar-refractivity contribution < 1.29 is 14.4 Å². The van der Waals surface area contributed by atoms with Gasteiger partial charge in [-0.25, -0.2) is 0 Å². The first-order valence-electron chi connectivity index (χ1n) is 6.83. The Morgan fingerprint density at radius 2 is 2.04 bits per heavy atom. The van der Waals surface area contributed by atoms with Gasteiger partial charge in [0.25, 0.3) is 5.91 Å². The molecule has 0 saturated heterocycles. The molecule has 0 radical (unpaired) electrons. The van der Waals surface area contributed by atoms with Crippen molar-refractivity contribution in [2.45, 2.75) is 6.42 Å². The number of aromatic nitrogens is 2. The highest BCUT2D eigenvalue weighted by Crippen LogP contribution is 2.25. The maximum Gasteiger partial charge on any atom is 0.257 e. The van der Waals surface area contributed by atoms with Crippen LogP contribution in [-0.4, -0.2) is 38.8 Å². The van der Waals surface area contributed by atoms with Crippen LogP contribution in [0.4, 0.5) is 5.13 Å². The van der Waals surface area contributed by atoms with E-state index in [1.54, 1.807) is 0 Å². The molecule has 0 aliphatic carbocycles. The Hall–Kier alpha value is -2.59. The number of nitrogens with zero attached hydrogens (tertiary/aromatic N) is 3. The number of rotatable bonds is 4. The van der Waals surface area contributed by atoms with E-state index < -0.39 is 11.8 Å². The van der Waals surface area contributed by atoms with Crippen molar-refractivity contribution in [3.63, 3.8) is 0 Å². The van der Waals surface area contributed by atoms with E-state index in [4.69, 9.17) is 0 Å². The highest BCUT2D eigenvalue weighted by molar-refractivity contribution is 8.14. The zero-order chi connectivity index (χ0) is 16.9. The minimum Gasteiger partial charge on any atom is -0.305 e. The number of carbonyl (C=O) groups excluding carboxylic acids is 3. The fourth-order valence-electron chi connectivity index (χ4n) is 1.81. The van der Waals surface area contributed by atoms with Gasteiger partial charge in [-0.1, -0.05) is 53.4 Å². The second kappa shape index (κ2) is 7.32. The molecule has 24 heavy (non-hydrogen) atoms. The summed E-state index contributed by atoms with van der Waals surface area (Å²) in [5.74, 6) is -1.27. The molecule has 0 bridgehead atoms. The van der Waals surface area contributed by atoms with E-state index in [0.717, 1.165) is 17.3 Å². The first kappa shape index (κ1) is 16.3. The van der Waals surface area contributed by atoms with Crippen molar-refractivity contribution in [2.75, 3.05) is 11.1 Å². The van der Waals surface area contributed by atoms with Gasteiger partial charge in [0.2, 0.25) is 16.9 Å². The summed E-state index contributed by atoms with van der Waals surface area (Å²) in [6, 6.07) is 9.51. The molecule has 0 fully saturated rings. The Bertz CT molecular complexity index is 819. The Morgan fingerprint density at radius 3 is 2.79 bits per heavy atom. The predicted octanol–water partition coefficient (Wildman–Crippen LogP) is 1.28. The van der Waals surface area contributed by atoms with Crippen LogP contribution in [0, 0.1) is 0 Å². The Morgan fingerprint density at radius 1 is 1.25 bits per heavy atom.